The van der Waals surface area contributed by atoms with Gasteiger partial charge in [0, 0.05) is 18.6 Å². The Labute approximate surface area is 88.1 Å². The minimum absolute atomic E-state index is 0.214. The van der Waals surface area contributed by atoms with Crippen LogP contribution >= 0.6 is 0 Å². The largest absolute Gasteiger partial charge is 0.396 e. The third-order valence-corrected chi connectivity index (χ3v) is 3.46. The van der Waals surface area contributed by atoms with Gasteiger partial charge in [-0.05, 0) is 25.8 Å². The normalized spacial score (nSPS) is 27.9. The van der Waals surface area contributed by atoms with E-state index >= 15 is 0 Å². The van der Waals surface area contributed by atoms with Gasteiger partial charge in [-0.2, -0.15) is 0 Å². The molecule has 0 spiro atoms. The Balaban J connectivity index is 2.22. The molecule has 1 heterocycles. The average Bonchev–Trinajstić information content (AvgIpc) is 2.26. The van der Waals surface area contributed by atoms with Gasteiger partial charge in [0.05, 0.1) is 0 Å². The molecule has 0 aromatic rings. The second kappa shape index (κ2) is 6.41. The molecule has 14 heavy (non-hydrogen) atoms. The molecule has 1 aliphatic heterocycles. The van der Waals surface area contributed by atoms with Crippen LogP contribution < -0.4 is 5.32 Å². The van der Waals surface area contributed by atoms with Crippen molar-refractivity contribution in [1.29, 1.82) is 0 Å². The number of hydrogen-bond donors (Lipinski definition) is 2. The Hall–Kier alpha value is -0.0800. The highest BCUT2D eigenvalue weighted by molar-refractivity contribution is 4.84. The van der Waals surface area contributed by atoms with Crippen molar-refractivity contribution in [1.82, 2.24) is 5.32 Å². The smallest absolute Gasteiger partial charge is 0.0499 e. The summed E-state index contributed by atoms with van der Waals surface area (Å²) in [7, 11) is 0. The van der Waals surface area contributed by atoms with Gasteiger partial charge in [-0.15, -0.1) is 0 Å². The fourth-order valence-electron chi connectivity index (χ4n) is 2.38. The van der Waals surface area contributed by atoms with E-state index in [1.807, 2.05) is 0 Å². The van der Waals surface area contributed by atoms with Crippen LogP contribution in [-0.4, -0.2) is 24.8 Å². The number of aliphatic hydroxyl groups excluding tert-OH is 1. The molecule has 1 unspecified atom stereocenters. The van der Waals surface area contributed by atoms with E-state index in [2.05, 4.69) is 12.2 Å². The first-order valence-corrected chi connectivity index (χ1v) is 6.14. The molecule has 1 aliphatic rings. The third-order valence-electron chi connectivity index (χ3n) is 3.46. The highest BCUT2D eigenvalue weighted by atomic mass is 16.3. The number of hydrogen-bond acceptors (Lipinski definition) is 2. The van der Waals surface area contributed by atoms with Gasteiger partial charge in [0.25, 0.3) is 0 Å². The Morgan fingerprint density at radius 1 is 1.29 bits per heavy atom. The van der Waals surface area contributed by atoms with E-state index in [0.29, 0.717) is 6.61 Å². The lowest BCUT2D eigenvalue weighted by Crippen LogP contribution is -2.42. The zero-order valence-corrected chi connectivity index (χ0v) is 9.52. The Kier molecular flexibility index (Phi) is 5.49. The first kappa shape index (κ1) is 12.0. The molecule has 0 amide bonds. The van der Waals surface area contributed by atoms with Crippen LogP contribution in [0.4, 0.5) is 0 Å². The van der Waals surface area contributed by atoms with Gasteiger partial charge in [-0.3, -0.25) is 0 Å². The second-order valence-electron chi connectivity index (χ2n) is 4.75. The summed E-state index contributed by atoms with van der Waals surface area (Å²) in [5.74, 6) is 0. The molecule has 2 heteroatoms. The topological polar surface area (TPSA) is 32.3 Å². The van der Waals surface area contributed by atoms with Crippen molar-refractivity contribution in [2.45, 2.75) is 51.9 Å². The van der Waals surface area contributed by atoms with Crippen LogP contribution in [0.1, 0.15) is 51.9 Å². The standard InChI is InChI=1S/C12H25NO/c1-2-3-4-5-7-12(11-14)8-6-9-13-10-12/h13-14H,2-11H2,1H3. The summed E-state index contributed by atoms with van der Waals surface area (Å²) in [6.07, 6.45) is 8.90. The van der Waals surface area contributed by atoms with Crippen LogP contribution in [0.3, 0.4) is 0 Å². The maximum absolute atomic E-state index is 9.46. The molecule has 0 aromatic carbocycles. The van der Waals surface area contributed by atoms with Gasteiger partial charge in [-0.25, -0.2) is 0 Å². The van der Waals surface area contributed by atoms with Crippen LogP contribution in [0.25, 0.3) is 0 Å². The number of aliphatic hydroxyl groups is 1. The van der Waals surface area contributed by atoms with Gasteiger partial charge in [-0.1, -0.05) is 32.6 Å². The molecule has 0 aromatic heterocycles. The summed E-state index contributed by atoms with van der Waals surface area (Å²) >= 11 is 0. The molecule has 0 saturated carbocycles. The van der Waals surface area contributed by atoms with Crippen LogP contribution in [-0.2, 0) is 0 Å². The lowest BCUT2D eigenvalue weighted by atomic mass is 9.77. The Morgan fingerprint density at radius 2 is 2.14 bits per heavy atom. The highest BCUT2D eigenvalue weighted by Gasteiger charge is 2.30. The minimum Gasteiger partial charge on any atom is -0.396 e. The summed E-state index contributed by atoms with van der Waals surface area (Å²) in [4.78, 5) is 0. The van der Waals surface area contributed by atoms with Crippen molar-refractivity contribution in [3.63, 3.8) is 0 Å². The number of piperidine rings is 1. The predicted octanol–water partition coefficient (Wildman–Crippen LogP) is 2.32. The number of nitrogens with one attached hydrogen (secondary N) is 1. The SMILES string of the molecule is CCCCCCC1(CO)CCCNC1. The van der Waals surface area contributed by atoms with Gasteiger partial charge in [0.1, 0.15) is 0 Å². The van der Waals surface area contributed by atoms with E-state index in [0.717, 1.165) is 13.1 Å². The Bertz CT molecular complexity index is 141. The molecule has 0 bridgehead atoms. The van der Waals surface area contributed by atoms with E-state index < -0.39 is 0 Å². The minimum atomic E-state index is 0.214. The molecule has 1 rings (SSSR count). The zero-order chi connectivity index (χ0) is 10.3. The fraction of sp³-hybridized carbons (Fsp3) is 1.00. The molecular formula is C12H25NO. The van der Waals surface area contributed by atoms with Gasteiger partial charge in [0.2, 0.25) is 0 Å². The first-order valence-electron chi connectivity index (χ1n) is 6.14. The molecule has 2 N–H and O–H groups in total. The van der Waals surface area contributed by atoms with Gasteiger partial charge in [0.15, 0.2) is 0 Å². The lowest BCUT2D eigenvalue weighted by Gasteiger charge is -2.36. The molecule has 84 valence electrons. The lowest BCUT2D eigenvalue weighted by molar-refractivity contribution is 0.0830. The Morgan fingerprint density at radius 3 is 2.71 bits per heavy atom. The van der Waals surface area contributed by atoms with E-state index in [1.165, 1.54) is 44.9 Å². The van der Waals surface area contributed by atoms with E-state index in [9.17, 15) is 5.11 Å². The summed E-state index contributed by atoms with van der Waals surface area (Å²) < 4.78 is 0. The molecule has 0 aliphatic carbocycles. The van der Waals surface area contributed by atoms with Crippen molar-refractivity contribution in [3.8, 4) is 0 Å². The van der Waals surface area contributed by atoms with E-state index in [4.69, 9.17) is 0 Å². The summed E-state index contributed by atoms with van der Waals surface area (Å²) in [6, 6.07) is 0. The summed E-state index contributed by atoms with van der Waals surface area (Å²) in [6.45, 7) is 4.77. The van der Waals surface area contributed by atoms with E-state index in [-0.39, 0.29) is 5.41 Å². The highest BCUT2D eigenvalue weighted by Crippen LogP contribution is 2.31. The average molecular weight is 199 g/mol. The molecular weight excluding hydrogens is 174 g/mol. The quantitative estimate of drug-likeness (QED) is 0.643. The van der Waals surface area contributed by atoms with Crippen molar-refractivity contribution in [3.05, 3.63) is 0 Å². The molecule has 0 radical (unpaired) electrons. The van der Waals surface area contributed by atoms with Crippen molar-refractivity contribution >= 4 is 0 Å². The summed E-state index contributed by atoms with van der Waals surface area (Å²) in [5.41, 5.74) is 0.214. The maximum Gasteiger partial charge on any atom is 0.0499 e. The van der Waals surface area contributed by atoms with Crippen molar-refractivity contribution < 1.29 is 5.11 Å². The van der Waals surface area contributed by atoms with Crippen LogP contribution in [0.2, 0.25) is 0 Å². The van der Waals surface area contributed by atoms with E-state index in [1.54, 1.807) is 0 Å². The van der Waals surface area contributed by atoms with Crippen molar-refractivity contribution in [2.75, 3.05) is 19.7 Å². The maximum atomic E-state index is 9.46. The monoisotopic (exact) mass is 199 g/mol. The van der Waals surface area contributed by atoms with Crippen LogP contribution in [0, 0.1) is 5.41 Å². The van der Waals surface area contributed by atoms with Crippen LogP contribution in [0.5, 0.6) is 0 Å². The molecule has 1 saturated heterocycles. The zero-order valence-electron chi connectivity index (χ0n) is 9.52. The molecule has 1 fully saturated rings. The van der Waals surface area contributed by atoms with Crippen molar-refractivity contribution in [2.24, 2.45) is 5.41 Å². The number of unbranched alkanes of at least 4 members (excludes halogenated alkanes) is 3. The second-order valence-corrected chi connectivity index (χ2v) is 4.75. The number of rotatable bonds is 6. The fourth-order valence-corrected chi connectivity index (χ4v) is 2.38. The van der Waals surface area contributed by atoms with Gasteiger partial charge >= 0.3 is 0 Å². The molecule has 1 atom stereocenters. The predicted molar refractivity (Wildman–Crippen MR) is 60.4 cm³/mol. The molecule has 2 nitrogen and oxygen atoms in total. The third kappa shape index (κ3) is 3.58. The summed E-state index contributed by atoms with van der Waals surface area (Å²) in [5, 5.41) is 12.9. The first-order chi connectivity index (χ1) is 6.83. The van der Waals surface area contributed by atoms with Crippen LogP contribution in [0.15, 0.2) is 0 Å². The van der Waals surface area contributed by atoms with Gasteiger partial charge < -0.3 is 10.4 Å².